The maximum absolute atomic E-state index is 13.3. The quantitative estimate of drug-likeness (QED) is 0.363. The van der Waals surface area contributed by atoms with E-state index in [9.17, 15) is 18.0 Å². The number of nitrogens with zero attached hydrogens (tertiary/aromatic N) is 3. The lowest BCUT2D eigenvalue weighted by atomic mass is 10.0. The van der Waals surface area contributed by atoms with E-state index in [1.165, 1.54) is 18.3 Å². The SMILES string of the molecule is CC1C(Oc2nc(C(F)(F)F)ccc2NC(=O)c2ccnc(Cl)c2)CN1C/C=C/c1ccc(Cl)cc1. The monoisotopic (exact) mass is 536 g/mol. The number of amides is 1. The third kappa shape index (κ3) is 6.34. The van der Waals surface area contributed by atoms with Crippen LogP contribution in [0.1, 0.15) is 28.5 Å². The van der Waals surface area contributed by atoms with Crippen LogP contribution >= 0.6 is 23.2 Å². The lowest BCUT2D eigenvalue weighted by Crippen LogP contribution is -2.60. The van der Waals surface area contributed by atoms with Gasteiger partial charge in [0.25, 0.3) is 5.91 Å². The minimum atomic E-state index is -4.66. The second kappa shape index (κ2) is 10.9. The number of hydrogen-bond donors (Lipinski definition) is 1. The van der Waals surface area contributed by atoms with Gasteiger partial charge in [-0.15, -0.1) is 0 Å². The van der Waals surface area contributed by atoms with E-state index in [0.29, 0.717) is 18.1 Å². The van der Waals surface area contributed by atoms with Gasteiger partial charge in [-0.25, -0.2) is 9.97 Å². The summed E-state index contributed by atoms with van der Waals surface area (Å²) in [5, 5.41) is 3.32. The van der Waals surface area contributed by atoms with Crippen molar-refractivity contribution >= 4 is 40.9 Å². The molecule has 3 aromatic rings. The van der Waals surface area contributed by atoms with Gasteiger partial charge in [-0.05, 0) is 48.9 Å². The van der Waals surface area contributed by atoms with E-state index >= 15 is 0 Å². The Morgan fingerprint density at radius 1 is 1.19 bits per heavy atom. The largest absolute Gasteiger partial charge is 0.470 e. The van der Waals surface area contributed by atoms with Gasteiger partial charge >= 0.3 is 6.18 Å². The average Bonchev–Trinajstić information content (AvgIpc) is 2.84. The molecule has 2 unspecified atom stereocenters. The van der Waals surface area contributed by atoms with Crippen LogP contribution in [0.25, 0.3) is 6.08 Å². The Hall–Kier alpha value is -3.14. The van der Waals surface area contributed by atoms with Crippen molar-refractivity contribution in [1.82, 2.24) is 14.9 Å². The molecule has 0 radical (unpaired) electrons. The highest BCUT2D eigenvalue weighted by Crippen LogP contribution is 2.34. The molecule has 0 spiro atoms. The normalized spacial score (nSPS) is 18.2. The number of pyridine rings is 2. The maximum Gasteiger partial charge on any atom is 0.433 e. The first kappa shape index (κ1) is 25.9. The van der Waals surface area contributed by atoms with Crippen LogP contribution in [0.2, 0.25) is 10.2 Å². The summed E-state index contributed by atoms with van der Waals surface area (Å²) in [5.41, 5.74) is 0.104. The number of aromatic nitrogens is 2. The maximum atomic E-state index is 13.3. The summed E-state index contributed by atoms with van der Waals surface area (Å²) < 4.78 is 45.7. The third-order valence-corrected chi connectivity index (χ3v) is 6.16. The molecule has 4 rings (SSSR count). The molecule has 1 aromatic carbocycles. The molecular formula is C25H21Cl2F3N4O2. The lowest BCUT2D eigenvalue weighted by molar-refractivity contribution is -0.141. The summed E-state index contributed by atoms with van der Waals surface area (Å²) in [5.74, 6) is -0.882. The second-order valence-corrected chi connectivity index (χ2v) is 9.00. The van der Waals surface area contributed by atoms with Gasteiger partial charge in [-0.3, -0.25) is 9.69 Å². The first-order valence-corrected chi connectivity index (χ1v) is 11.7. The van der Waals surface area contributed by atoms with Crippen LogP contribution in [0.4, 0.5) is 18.9 Å². The third-order valence-electron chi connectivity index (χ3n) is 5.70. The lowest BCUT2D eigenvalue weighted by Gasteiger charge is -2.45. The molecule has 6 nitrogen and oxygen atoms in total. The molecule has 2 atom stereocenters. The van der Waals surface area contributed by atoms with Crippen LogP contribution in [-0.4, -0.2) is 46.0 Å². The van der Waals surface area contributed by atoms with Crippen molar-refractivity contribution < 1.29 is 22.7 Å². The number of likely N-dealkylation sites (tertiary alicyclic amines) is 1. The molecule has 1 saturated heterocycles. The molecule has 0 aliphatic carbocycles. The minimum absolute atomic E-state index is 0.0224. The Morgan fingerprint density at radius 2 is 1.94 bits per heavy atom. The number of ether oxygens (including phenoxy) is 1. The summed E-state index contributed by atoms with van der Waals surface area (Å²) in [4.78, 5) is 22.2. The molecule has 188 valence electrons. The van der Waals surface area contributed by atoms with Gasteiger partial charge in [0.2, 0.25) is 5.88 Å². The van der Waals surface area contributed by atoms with Crippen LogP contribution < -0.4 is 10.1 Å². The zero-order valence-electron chi connectivity index (χ0n) is 19.0. The number of nitrogens with one attached hydrogen (secondary N) is 1. The van der Waals surface area contributed by atoms with Crippen molar-refractivity contribution in [2.45, 2.75) is 25.2 Å². The molecule has 1 aliphatic heterocycles. The van der Waals surface area contributed by atoms with Crippen LogP contribution in [0, 0.1) is 0 Å². The summed E-state index contributed by atoms with van der Waals surface area (Å²) >= 11 is 11.7. The van der Waals surface area contributed by atoms with Gasteiger partial charge in [0.05, 0.1) is 0 Å². The Balaban J connectivity index is 1.44. The molecule has 1 amide bonds. The summed E-state index contributed by atoms with van der Waals surface area (Å²) in [6.45, 7) is 3.03. The predicted octanol–water partition coefficient (Wildman–Crippen LogP) is 6.22. The van der Waals surface area contributed by atoms with E-state index in [0.717, 1.165) is 17.7 Å². The highest BCUT2D eigenvalue weighted by atomic mass is 35.5. The first-order chi connectivity index (χ1) is 17.1. The molecule has 0 bridgehead atoms. The van der Waals surface area contributed by atoms with Crippen LogP contribution in [-0.2, 0) is 6.18 Å². The van der Waals surface area contributed by atoms with Gasteiger partial charge in [-0.1, -0.05) is 47.5 Å². The van der Waals surface area contributed by atoms with Gasteiger partial charge in [-0.2, -0.15) is 13.2 Å². The van der Waals surface area contributed by atoms with Gasteiger partial charge in [0, 0.05) is 35.9 Å². The highest BCUT2D eigenvalue weighted by Gasteiger charge is 2.38. The molecule has 1 N–H and O–H groups in total. The zero-order valence-corrected chi connectivity index (χ0v) is 20.5. The molecule has 0 saturated carbocycles. The van der Waals surface area contributed by atoms with E-state index in [4.69, 9.17) is 27.9 Å². The predicted molar refractivity (Wildman–Crippen MR) is 132 cm³/mol. The Kier molecular flexibility index (Phi) is 7.82. The first-order valence-electron chi connectivity index (χ1n) is 10.9. The van der Waals surface area contributed by atoms with E-state index in [1.807, 2.05) is 31.2 Å². The fourth-order valence-electron chi connectivity index (χ4n) is 3.59. The van der Waals surface area contributed by atoms with E-state index in [1.54, 1.807) is 12.1 Å². The molecule has 1 fully saturated rings. The second-order valence-electron chi connectivity index (χ2n) is 8.17. The van der Waals surface area contributed by atoms with Crippen molar-refractivity contribution in [3.05, 3.63) is 87.8 Å². The summed E-state index contributed by atoms with van der Waals surface area (Å²) in [6, 6.07) is 12.0. The number of alkyl halides is 3. The molecule has 2 aromatic heterocycles. The number of benzene rings is 1. The van der Waals surface area contributed by atoms with Crippen molar-refractivity contribution in [3.63, 3.8) is 0 Å². The van der Waals surface area contributed by atoms with E-state index in [2.05, 4.69) is 20.2 Å². The topological polar surface area (TPSA) is 67.3 Å². The highest BCUT2D eigenvalue weighted by molar-refractivity contribution is 6.30. The van der Waals surface area contributed by atoms with Crippen molar-refractivity contribution in [3.8, 4) is 5.88 Å². The summed E-state index contributed by atoms with van der Waals surface area (Å²) in [7, 11) is 0. The molecule has 36 heavy (non-hydrogen) atoms. The van der Waals surface area contributed by atoms with E-state index < -0.39 is 23.9 Å². The van der Waals surface area contributed by atoms with Gasteiger partial charge in [0.1, 0.15) is 22.6 Å². The average molecular weight is 537 g/mol. The summed E-state index contributed by atoms with van der Waals surface area (Å²) in [6.07, 6.45) is 0.236. The fraction of sp³-hybridized carbons (Fsp3) is 0.240. The minimum Gasteiger partial charge on any atom is -0.470 e. The zero-order chi connectivity index (χ0) is 25.9. The number of rotatable bonds is 7. The number of halogens is 5. The fourth-order valence-corrected chi connectivity index (χ4v) is 3.89. The number of hydrogen-bond acceptors (Lipinski definition) is 5. The van der Waals surface area contributed by atoms with Gasteiger partial charge < -0.3 is 10.1 Å². The molecule has 11 heteroatoms. The van der Waals surface area contributed by atoms with Crippen LogP contribution in [0.3, 0.4) is 0 Å². The van der Waals surface area contributed by atoms with Crippen LogP contribution in [0.15, 0.2) is 60.8 Å². The Bertz CT molecular complexity index is 1270. The van der Waals surface area contributed by atoms with Crippen molar-refractivity contribution in [2.24, 2.45) is 0 Å². The number of carbonyl (C=O) groups is 1. The molecular weight excluding hydrogens is 516 g/mol. The van der Waals surface area contributed by atoms with Crippen LogP contribution in [0.5, 0.6) is 5.88 Å². The number of anilines is 1. The smallest absolute Gasteiger partial charge is 0.433 e. The van der Waals surface area contributed by atoms with Gasteiger partial charge in [0.15, 0.2) is 0 Å². The van der Waals surface area contributed by atoms with Crippen molar-refractivity contribution in [2.75, 3.05) is 18.4 Å². The Labute approximate surface area is 215 Å². The Morgan fingerprint density at radius 3 is 2.61 bits per heavy atom. The van der Waals surface area contributed by atoms with Crippen molar-refractivity contribution in [1.29, 1.82) is 0 Å². The molecule has 3 heterocycles. The van der Waals surface area contributed by atoms with E-state index in [-0.39, 0.29) is 28.3 Å². The molecule has 1 aliphatic rings. The standard InChI is InChI=1S/C25H21Cl2F3N4O2/c1-15-20(14-34(15)12-2-3-16-4-6-18(26)7-5-16)36-24-19(8-9-21(33-24)25(28,29)30)32-23(35)17-10-11-31-22(27)13-17/h2-11,13,15,20H,12,14H2,1H3,(H,32,35)/b3-2+. The number of carbonyl (C=O) groups excluding carboxylic acids is 1.